The van der Waals surface area contributed by atoms with Gasteiger partial charge in [-0.3, -0.25) is 14.5 Å². The van der Waals surface area contributed by atoms with Crippen molar-refractivity contribution in [3.8, 4) is 0 Å². The van der Waals surface area contributed by atoms with E-state index in [4.69, 9.17) is 14.3 Å². The minimum absolute atomic E-state index is 0.0318. The fourth-order valence-electron chi connectivity index (χ4n) is 3.74. The molecule has 29 heavy (non-hydrogen) atoms. The third kappa shape index (κ3) is 5.72. The lowest BCUT2D eigenvalue weighted by atomic mass is 9.85. The number of piperidine rings is 1. The molecule has 2 fully saturated rings. The molecule has 0 aromatic carbocycles. The maximum atomic E-state index is 12.3. The molecule has 8 nitrogen and oxygen atoms in total. The van der Waals surface area contributed by atoms with Crippen molar-refractivity contribution in [1.29, 1.82) is 0 Å². The molecule has 3 heterocycles. The van der Waals surface area contributed by atoms with E-state index in [-0.39, 0.29) is 17.4 Å². The molecule has 3 rings (SSSR count). The minimum Gasteiger partial charge on any atom is -0.475 e. The Kier molecular flexibility index (Phi) is 7.28. The van der Waals surface area contributed by atoms with Crippen molar-refractivity contribution in [2.24, 2.45) is 0 Å². The summed E-state index contributed by atoms with van der Waals surface area (Å²) in [4.78, 5) is 37.1. The Bertz CT molecular complexity index is 713. The Morgan fingerprint density at radius 1 is 1.21 bits per heavy atom. The predicted molar refractivity (Wildman–Crippen MR) is 95.1 cm³/mol. The average Bonchev–Trinajstić information content (AvgIpc) is 3.33. The summed E-state index contributed by atoms with van der Waals surface area (Å²) in [6.45, 7) is 2.88. The number of likely N-dealkylation sites (N-methyl/N-ethyl adjacent to an activating group) is 1. The highest BCUT2D eigenvalue weighted by Crippen LogP contribution is 2.38. The molecule has 2 amide bonds. The Balaban J connectivity index is 0.000000370. The van der Waals surface area contributed by atoms with E-state index in [0.717, 1.165) is 45.3 Å². The summed E-state index contributed by atoms with van der Waals surface area (Å²) in [7, 11) is 1.68. The molecular weight excluding hydrogens is 395 g/mol. The van der Waals surface area contributed by atoms with Crippen molar-refractivity contribution in [3.05, 3.63) is 24.2 Å². The van der Waals surface area contributed by atoms with E-state index in [9.17, 15) is 22.8 Å². The predicted octanol–water partition coefficient (Wildman–Crippen LogP) is 1.73. The van der Waals surface area contributed by atoms with Crippen LogP contribution in [-0.2, 0) is 9.59 Å². The van der Waals surface area contributed by atoms with Gasteiger partial charge in [0.25, 0.3) is 5.91 Å². The Morgan fingerprint density at radius 3 is 2.31 bits per heavy atom. The number of alkyl halides is 3. The molecule has 2 aliphatic rings. The van der Waals surface area contributed by atoms with Gasteiger partial charge in [0, 0.05) is 25.7 Å². The van der Waals surface area contributed by atoms with E-state index in [2.05, 4.69) is 10.2 Å². The zero-order valence-electron chi connectivity index (χ0n) is 16.0. The van der Waals surface area contributed by atoms with E-state index in [0.29, 0.717) is 12.3 Å². The molecule has 1 aromatic heterocycles. The van der Waals surface area contributed by atoms with Gasteiger partial charge in [-0.2, -0.15) is 13.2 Å². The monoisotopic (exact) mass is 419 g/mol. The minimum atomic E-state index is -5.08. The number of hydrogen-bond donors (Lipinski definition) is 2. The summed E-state index contributed by atoms with van der Waals surface area (Å²) in [5, 5.41) is 9.83. The third-order valence-electron chi connectivity index (χ3n) is 5.31. The number of hydrogen-bond acceptors (Lipinski definition) is 5. The van der Waals surface area contributed by atoms with Gasteiger partial charge in [-0.25, -0.2) is 4.79 Å². The summed E-state index contributed by atoms with van der Waals surface area (Å²) in [6, 6.07) is 3.45. The van der Waals surface area contributed by atoms with Crippen LogP contribution in [0, 0.1) is 0 Å². The van der Waals surface area contributed by atoms with Gasteiger partial charge in [0.1, 0.15) is 0 Å². The molecule has 0 atom stereocenters. The van der Waals surface area contributed by atoms with Crippen LogP contribution >= 0.6 is 0 Å². The largest absolute Gasteiger partial charge is 0.490 e. The molecule has 2 aliphatic heterocycles. The van der Waals surface area contributed by atoms with Gasteiger partial charge in [-0.05, 0) is 44.4 Å². The number of nitrogens with one attached hydrogen (secondary N) is 1. The van der Waals surface area contributed by atoms with Crippen molar-refractivity contribution in [2.45, 2.75) is 37.4 Å². The molecular formula is C18H24F3N3O5. The number of aliphatic carboxylic acids is 1. The van der Waals surface area contributed by atoms with Crippen molar-refractivity contribution in [3.63, 3.8) is 0 Å². The van der Waals surface area contributed by atoms with Crippen molar-refractivity contribution in [1.82, 2.24) is 15.1 Å². The molecule has 0 unspecified atom stereocenters. The molecule has 2 saturated heterocycles. The molecule has 2 N–H and O–H groups in total. The van der Waals surface area contributed by atoms with E-state index >= 15 is 0 Å². The van der Waals surface area contributed by atoms with Crippen LogP contribution in [0.5, 0.6) is 0 Å². The normalized spacial score (nSPS) is 18.8. The van der Waals surface area contributed by atoms with Gasteiger partial charge in [0.2, 0.25) is 5.91 Å². The lowest BCUT2D eigenvalue weighted by molar-refractivity contribution is -0.192. The SMILES string of the molecule is CNC(=O)CN1CCCC12CCN(C(=O)c1ccco1)CC2.O=C(O)C(F)(F)F. The molecule has 0 bridgehead atoms. The third-order valence-corrected chi connectivity index (χ3v) is 5.31. The van der Waals surface area contributed by atoms with Gasteiger partial charge in [0.05, 0.1) is 12.8 Å². The number of amides is 2. The number of carbonyl (C=O) groups excluding carboxylic acids is 2. The number of likely N-dealkylation sites (tertiary alicyclic amines) is 2. The van der Waals surface area contributed by atoms with Crippen molar-refractivity contribution < 1.29 is 37.1 Å². The van der Waals surface area contributed by atoms with E-state index in [1.54, 1.807) is 19.2 Å². The highest BCUT2D eigenvalue weighted by Gasteiger charge is 2.44. The lowest BCUT2D eigenvalue weighted by Gasteiger charge is -2.44. The molecule has 0 radical (unpaired) electrons. The number of carboxylic acid groups (broad SMARTS) is 1. The zero-order chi connectivity index (χ0) is 21.7. The van der Waals surface area contributed by atoms with Gasteiger partial charge < -0.3 is 19.7 Å². The first-order chi connectivity index (χ1) is 13.6. The number of rotatable bonds is 3. The molecule has 1 spiro atoms. The average molecular weight is 419 g/mol. The quantitative estimate of drug-likeness (QED) is 0.774. The van der Waals surface area contributed by atoms with Crippen LogP contribution in [-0.4, -0.2) is 77.6 Å². The summed E-state index contributed by atoms with van der Waals surface area (Å²) in [5.41, 5.74) is 0.0897. The van der Waals surface area contributed by atoms with E-state index in [1.165, 1.54) is 6.26 Å². The van der Waals surface area contributed by atoms with Gasteiger partial charge in [0.15, 0.2) is 5.76 Å². The first-order valence-electron chi connectivity index (χ1n) is 9.17. The molecule has 11 heteroatoms. The highest BCUT2D eigenvalue weighted by atomic mass is 19.4. The van der Waals surface area contributed by atoms with Crippen molar-refractivity contribution >= 4 is 17.8 Å². The molecule has 1 aromatic rings. The maximum absolute atomic E-state index is 12.3. The maximum Gasteiger partial charge on any atom is 0.490 e. The molecule has 0 aliphatic carbocycles. The van der Waals surface area contributed by atoms with Crippen LogP contribution < -0.4 is 5.32 Å². The summed E-state index contributed by atoms with van der Waals surface area (Å²) in [6.07, 6.45) is 0.545. The zero-order valence-corrected chi connectivity index (χ0v) is 16.0. The van der Waals surface area contributed by atoms with Gasteiger partial charge in [-0.1, -0.05) is 0 Å². The first-order valence-corrected chi connectivity index (χ1v) is 9.17. The van der Waals surface area contributed by atoms with Crippen LogP contribution in [0.25, 0.3) is 0 Å². The van der Waals surface area contributed by atoms with Gasteiger partial charge in [-0.15, -0.1) is 0 Å². The van der Waals surface area contributed by atoms with E-state index in [1.807, 2.05) is 4.90 Å². The van der Waals surface area contributed by atoms with Crippen LogP contribution in [0.15, 0.2) is 22.8 Å². The number of nitrogens with zero attached hydrogens (tertiary/aromatic N) is 2. The Labute approximate surface area is 165 Å². The van der Waals surface area contributed by atoms with Crippen LogP contribution in [0.2, 0.25) is 0 Å². The summed E-state index contributed by atoms with van der Waals surface area (Å²) in [5.74, 6) is -2.32. The number of carbonyl (C=O) groups is 3. The fourth-order valence-corrected chi connectivity index (χ4v) is 3.74. The Hall–Kier alpha value is -2.56. The van der Waals surface area contributed by atoms with Gasteiger partial charge >= 0.3 is 12.1 Å². The van der Waals surface area contributed by atoms with Crippen LogP contribution in [0.3, 0.4) is 0 Å². The number of halogens is 3. The standard InChI is InChI=1S/C16H23N3O3.C2HF3O2/c1-17-14(20)12-19-8-3-5-16(19)6-9-18(10-7-16)15(21)13-4-2-11-22-13;3-2(4,5)1(6)7/h2,4,11H,3,5-10,12H2,1H3,(H,17,20);(H,6,7). The highest BCUT2D eigenvalue weighted by molar-refractivity contribution is 5.91. The first kappa shape index (κ1) is 22.7. The molecule has 162 valence electrons. The second-order valence-electron chi connectivity index (χ2n) is 7.00. The van der Waals surface area contributed by atoms with Crippen molar-refractivity contribution in [2.75, 3.05) is 33.2 Å². The second-order valence-corrected chi connectivity index (χ2v) is 7.00. The van der Waals surface area contributed by atoms with E-state index < -0.39 is 12.1 Å². The van der Waals surface area contributed by atoms with Crippen LogP contribution in [0.1, 0.15) is 36.2 Å². The number of carboxylic acids is 1. The fraction of sp³-hybridized carbons (Fsp3) is 0.611. The summed E-state index contributed by atoms with van der Waals surface area (Å²) >= 11 is 0. The topological polar surface area (TPSA) is 103 Å². The lowest BCUT2D eigenvalue weighted by Crippen LogP contribution is -2.55. The smallest absolute Gasteiger partial charge is 0.475 e. The molecule has 0 saturated carbocycles. The number of furan rings is 1. The summed E-state index contributed by atoms with van der Waals surface area (Å²) < 4.78 is 36.9. The Morgan fingerprint density at radius 2 is 1.83 bits per heavy atom. The van der Waals surface area contributed by atoms with Crippen LogP contribution in [0.4, 0.5) is 13.2 Å². The second kappa shape index (κ2) is 9.29.